The number of hydrogen-bond acceptors (Lipinski definition) is 3. The molecule has 4 saturated carbocycles. The normalized spacial score (nSPS) is 44.2. The summed E-state index contributed by atoms with van der Waals surface area (Å²) in [5.41, 5.74) is 2.32. The maximum atomic E-state index is 12.5. The third-order valence-corrected chi connectivity index (χ3v) is 10.8. The second kappa shape index (κ2) is 8.41. The highest BCUT2D eigenvalue weighted by Gasteiger charge is 2.59. The molecule has 0 heterocycles. The lowest BCUT2D eigenvalue weighted by atomic mass is 9.47. The molecule has 1 amide bonds. The zero-order valence-corrected chi connectivity index (χ0v) is 20.8. The fourth-order valence-corrected chi connectivity index (χ4v) is 8.78. The van der Waals surface area contributed by atoms with Crippen molar-refractivity contribution >= 4 is 5.91 Å². The lowest BCUT2D eigenvalue weighted by Gasteiger charge is -2.58. The van der Waals surface area contributed by atoms with Gasteiger partial charge in [-0.15, -0.1) is 0 Å². The van der Waals surface area contributed by atoms with Crippen molar-refractivity contribution in [3.63, 3.8) is 0 Å². The van der Waals surface area contributed by atoms with Gasteiger partial charge in [0, 0.05) is 13.5 Å². The number of amides is 1. The number of allylic oxidation sites excluding steroid dienone is 1. The number of hydroxylamine groups is 2. The molecule has 0 bridgehead atoms. The van der Waals surface area contributed by atoms with Crippen LogP contribution in [0.2, 0.25) is 0 Å². The minimum Gasteiger partial charge on any atom is -0.393 e. The Balaban J connectivity index is 1.24. The van der Waals surface area contributed by atoms with Gasteiger partial charge < -0.3 is 5.11 Å². The van der Waals surface area contributed by atoms with Crippen LogP contribution in [0.15, 0.2) is 11.6 Å². The van der Waals surface area contributed by atoms with Crippen molar-refractivity contribution in [2.24, 2.45) is 40.4 Å². The molecule has 5 aliphatic rings. The summed E-state index contributed by atoms with van der Waals surface area (Å²) in [5.74, 6) is 3.92. The van der Waals surface area contributed by atoms with Crippen LogP contribution in [0.3, 0.4) is 0 Å². The molecule has 0 aromatic rings. The summed E-state index contributed by atoms with van der Waals surface area (Å²) in [4.78, 5) is 18.2. The summed E-state index contributed by atoms with van der Waals surface area (Å²) in [7, 11) is 1.79. The molecule has 0 radical (unpaired) electrons. The van der Waals surface area contributed by atoms with E-state index in [9.17, 15) is 9.90 Å². The van der Waals surface area contributed by atoms with Crippen LogP contribution >= 0.6 is 0 Å². The van der Waals surface area contributed by atoms with E-state index in [0.717, 1.165) is 55.8 Å². The first-order valence-electron chi connectivity index (χ1n) is 13.5. The third kappa shape index (κ3) is 3.87. The van der Waals surface area contributed by atoms with E-state index in [0.29, 0.717) is 23.2 Å². The minimum atomic E-state index is -0.118. The molecular formula is C28H45NO3. The fourth-order valence-electron chi connectivity index (χ4n) is 8.78. The molecular weight excluding hydrogens is 398 g/mol. The van der Waals surface area contributed by atoms with Gasteiger partial charge in [0.25, 0.3) is 0 Å². The van der Waals surface area contributed by atoms with Crippen LogP contribution in [-0.2, 0) is 9.63 Å². The van der Waals surface area contributed by atoms with Crippen LogP contribution in [0.1, 0.15) is 97.8 Å². The molecule has 0 aromatic carbocycles. The van der Waals surface area contributed by atoms with Gasteiger partial charge >= 0.3 is 0 Å². The van der Waals surface area contributed by atoms with Gasteiger partial charge in [0.1, 0.15) is 0 Å². The second-order valence-electron chi connectivity index (χ2n) is 12.6. The maximum Gasteiger partial charge on any atom is 0.245 e. The van der Waals surface area contributed by atoms with Crippen molar-refractivity contribution < 1.29 is 14.7 Å². The first-order chi connectivity index (χ1) is 15.2. The molecule has 0 saturated heterocycles. The standard InChI is InChI=1S/C28H45NO3/c1-18(5-12-26(31)29(4)32-21-7-8-21)23-10-11-24-22-9-6-19-17-20(30)13-15-27(19,2)25(22)14-16-28(23,24)3/h6,18,20-25,30H,5,7-17H2,1-4H3/t18?,20-,22-,23+,24-,25-,27-,28+/m0/s1. The molecule has 5 rings (SSSR count). The minimum absolute atomic E-state index is 0.118. The van der Waals surface area contributed by atoms with Gasteiger partial charge in [-0.3, -0.25) is 9.63 Å². The zero-order chi connectivity index (χ0) is 22.7. The molecule has 5 aliphatic carbocycles. The summed E-state index contributed by atoms with van der Waals surface area (Å²) in [6.07, 6.45) is 16.2. The number of aliphatic hydroxyl groups is 1. The van der Waals surface area contributed by atoms with Gasteiger partial charge in [-0.05, 0) is 111 Å². The van der Waals surface area contributed by atoms with E-state index in [-0.39, 0.29) is 18.1 Å². The highest BCUT2D eigenvalue weighted by Crippen LogP contribution is 2.67. The Kier molecular flexibility index (Phi) is 6.02. The first-order valence-corrected chi connectivity index (χ1v) is 13.5. The lowest BCUT2D eigenvalue weighted by Crippen LogP contribution is -2.50. The first kappa shape index (κ1) is 22.9. The number of hydrogen-bond donors (Lipinski definition) is 1. The van der Waals surface area contributed by atoms with E-state index in [1.165, 1.54) is 43.6 Å². The van der Waals surface area contributed by atoms with Gasteiger partial charge in [0.05, 0.1) is 12.2 Å². The highest BCUT2D eigenvalue weighted by molar-refractivity contribution is 5.74. The number of aliphatic hydroxyl groups excluding tert-OH is 1. The van der Waals surface area contributed by atoms with E-state index in [1.807, 2.05) is 0 Å². The van der Waals surface area contributed by atoms with E-state index < -0.39 is 0 Å². The molecule has 8 atom stereocenters. The SMILES string of the molecule is CC(CCC(=O)N(C)OC1CC1)[C@H]1CC[C@H]2[C@@H]3CC=C4C[C@@H](O)CC[C@]4(C)[C@H]3CC[C@]12C. The van der Waals surface area contributed by atoms with Crippen molar-refractivity contribution in [2.75, 3.05) is 7.05 Å². The molecule has 1 unspecified atom stereocenters. The van der Waals surface area contributed by atoms with Gasteiger partial charge in [-0.2, -0.15) is 0 Å². The van der Waals surface area contributed by atoms with Crippen LogP contribution in [0, 0.1) is 40.4 Å². The Morgan fingerprint density at radius 3 is 2.69 bits per heavy atom. The van der Waals surface area contributed by atoms with Crippen LogP contribution in [0.25, 0.3) is 0 Å². The summed E-state index contributed by atoms with van der Waals surface area (Å²) in [5, 5.41) is 11.7. The van der Waals surface area contributed by atoms with Gasteiger partial charge in [-0.25, -0.2) is 5.06 Å². The maximum absolute atomic E-state index is 12.5. The van der Waals surface area contributed by atoms with Crippen LogP contribution in [-0.4, -0.2) is 35.3 Å². The largest absolute Gasteiger partial charge is 0.393 e. The summed E-state index contributed by atoms with van der Waals surface area (Å²) >= 11 is 0. The van der Waals surface area contributed by atoms with Crippen molar-refractivity contribution in [3.8, 4) is 0 Å². The lowest BCUT2D eigenvalue weighted by molar-refractivity contribution is -0.183. The molecule has 0 aromatic heterocycles. The number of fused-ring (bicyclic) bond motifs is 5. The summed E-state index contributed by atoms with van der Waals surface area (Å²) in [6, 6.07) is 0. The highest BCUT2D eigenvalue weighted by atomic mass is 16.7. The average molecular weight is 444 g/mol. The predicted octanol–water partition coefficient (Wildman–Crippen LogP) is 5.90. The zero-order valence-electron chi connectivity index (χ0n) is 20.8. The third-order valence-electron chi connectivity index (χ3n) is 10.8. The Hall–Kier alpha value is -0.870. The van der Waals surface area contributed by atoms with Crippen molar-refractivity contribution in [2.45, 2.75) is 110 Å². The van der Waals surface area contributed by atoms with Crippen LogP contribution in [0.5, 0.6) is 0 Å². The molecule has 0 spiro atoms. The van der Waals surface area contributed by atoms with Crippen molar-refractivity contribution in [1.82, 2.24) is 5.06 Å². The van der Waals surface area contributed by atoms with Crippen LogP contribution in [0.4, 0.5) is 0 Å². The Labute approximate surface area is 195 Å². The van der Waals surface area contributed by atoms with Gasteiger partial charge in [-0.1, -0.05) is 32.4 Å². The average Bonchev–Trinajstić information content (AvgIpc) is 3.50. The predicted molar refractivity (Wildman–Crippen MR) is 126 cm³/mol. The number of rotatable bonds is 6. The van der Waals surface area contributed by atoms with Crippen molar-refractivity contribution in [1.29, 1.82) is 0 Å². The fraction of sp³-hybridized carbons (Fsp3) is 0.893. The quantitative estimate of drug-likeness (QED) is 0.411. The number of nitrogens with zero attached hydrogens (tertiary/aromatic N) is 1. The number of carbonyl (C=O) groups is 1. The summed E-state index contributed by atoms with van der Waals surface area (Å²) in [6.45, 7) is 7.52. The molecule has 32 heavy (non-hydrogen) atoms. The van der Waals surface area contributed by atoms with Crippen molar-refractivity contribution in [3.05, 3.63) is 11.6 Å². The monoisotopic (exact) mass is 443 g/mol. The van der Waals surface area contributed by atoms with E-state index in [4.69, 9.17) is 4.84 Å². The topological polar surface area (TPSA) is 49.8 Å². The Morgan fingerprint density at radius 2 is 1.94 bits per heavy atom. The number of carbonyl (C=O) groups excluding carboxylic acids is 1. The smallest absolute Gasteiger partial charge is 0.245 e. The molecule has 180 valence electrons. The molecule has 1 N–H and O–H groups in total. The van der Waals surface area contributed by atoms with E-state index in [2.05, 4.69) is 26.8 Å². The van der Waals surface area contributed by atoms with E-state index >= 15 is 0 Å². The Bertz CT molecular complexity index is 760. The molecule has 4 nitrogen and oxygen atoms in total. The molecule has 4 heteroatoms. The van der Waals surface area contributed by atoms with Crippen LogP contribution < -0.4 is 0 Å². The van der Waals surface area contributed by atoms with E-state index in [1.54, 1.807) is 12.6 Å². The molecule has 4 fully saturated rings. The van der Waals surface area contributed by atoms with Gasteiger partial charge in [0.15, 0.2) is 0 Å². The Morgan fingerprint density at radius 1 is 1.16 bits per heavy atom. The second-order valence-corrected chi connectivity index (χ2v) is 12.6. The summed E-state index contributed by atoms with van der Waals surface area (Å²) < 4.78 is 0. The molecule has 0 aliphatic heterocycles. The van der Waals surface area contributed by atoms with Gasteiger partial charge in [0.2, 0.25) is 5.91 Å².